The summed E-state index contributed by atoms with van der Waals surface area (Å²) in [6.07, 6.45) is -1.41. The molecule has 0 bridgehead atoms. The Labute approximate surface area is 160 Å². The Bertz CT molecular complexity index is 963. The van der Waals surface area contributed by atoms with Crippen molar-refractivity contribution in [3.8, 4) is 5.75 Å². The number of aromatic nitrogens is 4. The summed E-state index contributed by atoms with van der Waals surface area (Å²) in [6.45, 7) is 1.54. The molecule has 4 rings (SSSR count). The van der Waals surface area contributed by atoms with Crippen LogP contribution in [0.25, 0.3) is 11.2 Å². The van der Waals surface area contributed by atoms with Crippen molar-refractivity contribution in [2.45, 2.75) is 37.5 Å². The van der Waals surface area contributed by atoms with Crippen LogP contribution in [0.3, 0.4) is 0 Å². The third-order valence-electron chi connectivity index (χ3n) is 4.90. The maximum Gasteiger partial charge on any atom is 0.167 e. The van der Waals surface area contributed by atoms with E-state index >= 15 is 0 Å². The lowest BCUT2D eigenvalue weighted by Gasteiger charge is -2.17. The molecule has 5 N–H and O–H groups in total. The number of benzene rings is 1. The zero-order chi connectivity index (χ0) is 19.8. The van der Waals surface area contributed by atoms with E-state index in [0.717, 1.165) is 5.56 Å². The average molecular weight is 387 g/mol. The maximum absolute atomic E-state index is 10.3. The van der Waals surface area contributed by atoms with Gasteiger partial charge >= 0.3 is 0 Å². The third kappa shape index (κ3) is 3.16. The Hall–Kier alpha value is -2.79. The van der Waals surface area contributed by atoms with Crippen molar-refractivity contribution in [3.05, 3.63) is 42.5 Å². The molecule has 10 nitrogen and oxygen atoms in total. The zero-order valence-corrected chi connectivity index (χ0v) is 15.0. The highest BCUT2D eigenvalue weighted by Crippen LogP contribution is 2.32. The first-order valence-electron chi connectivity index (χ1n) is 8.85. The number of nitrogens with zero attached hydrogens (tertiary/aromatic N) is 4. The number of aromatic hydroxyl groups is 1. The highest BCUT2D eigenvalue weighted by atomic mass is 16.6. The second-order valence-corrected chi connectivity index (χ2v) is 6.73. The number of rotatable bonds is 5. The Kier molecular flexibility index (Phi) is 4.85. The van der Waals surface area contributed by atoms with Crippen LogP contribution in [-0.4, -0.2) is 64.9 Å². The van der Waals surface area contributed by atoms with Crippen LogP contribution < -0.4 is 5.32 Å². The molecule has 0 amide bonds. The van der Waals surface area contributed by atoms with Crippen molar-refractivity contribution >= 4 is 17.0 Å². The van der Waals surface area contributed by atoms with Crippen LogP contribution in [0.4, 0.5) is 5.82 Å². The smallest absolute Gasteiger partial charge is 0.167 e. The van der Waals surface area contributed by atoms with Crippen LogP contribution in [0.2, 0.25) is 0 Å². The predicted octanol–water partition coefficient (Wildman–Crippen LogP) is 0.316. The second-order valence-electron chi connectivity index (χ2n) is 6.73. The Morgan fingerprint density at radius 1 is 1.14 bits per heavy atom. The van der Waals surface area contributed by atoms with Crippen molar-refractivity contribution in [2.24, 2.45) is 0 Å². The largest absolute Gasteiger partial charge is 0.508 e. The fourth-order valence-corrected chi connectivity index (χ4v) is 3.31. The molecule has 0 saturated carbocycles. The number of aliphatic hydroxyl groups excluding tert-OH is 3. The van der Waals surface area contributed by atoms with E-state index in [1.165, 1.54) is 17.2 Å². The molecular weight excluding hydrogens is 366 g/mol. The van der Waals surface area contributed by atoms with E-state index in [2.05, 4.69) is 20.3 Å². The normalized spacial score (nSPS) is 25.9. The third-order valence-corrected chi connectivity index (χ3v) is 4.90. The van der Waals surface area contributed by atoms with Crippen LogP contribution >= 0.6 is 0 Å². The molecule has 5 atom stereocenters. The molecule has 2 unspecified atom stereocenters. The van der Waals surface area contributed by atoms with Gasteiger partial charge in [-0.25, -0.2) is 15.0 Å². The second kappa shape index (κ2) is 7.32. The number of hydrogen-bond acceptors (Lipinski definition) is 9. The molecule has 0 aliphatic carbocycles. The molecule has 1 aliphatic rings. The van der Waals surface area contributed by atoms with Crippen LogP contribution in [0.15, 0.2) is 36.9 Å². The number of phenols is 1. The van der Waals surface area contributed by atoms with Gasteiger partial charge in [0.05, 0.1) is 19.0 Å². The van der Waals surface area contributed by atoms with Crippen molar-refractivity contribution in [2.75, 3.05) is 11.9 Å². The Morgan fingerprint density at radius 2 is 1.89 bits per heavy atom. The Balaban J connectivity index is 1.63. The summed E-state index contributed by atoms with van der Waals surface area (Å²) in [6, 6.07) is 6.73. The number of hydrogen-bond donors (Lipinski definition) is 5. The minimum atomic E-state index is -1.23. The molecule has 0 spiro atoms. The minimum absolute atomic E-state index is 0.113. The molecule has 1 aromatic carbocycles. The first kappa shape index (κ1) is 18.6. The van der Waals surface area contributed by atoms with Crippen molar-refractivity contribution in [1.82, 2.24) is 19.5 Å². The first-order valence-corrected chi connectivity index (χ1v) is 8.85. The molecule has 1 fully saturated rings. The minimum Gasteiger partial charge on any atom is -0.508 e. The lowest BCUT2D eigenvalue weighted by molar-refractivity contribution is -0.0511. The van der Waals surface area contributed by atoms with Crippen LogP contribution in [-0.2, 0) is 4.74 Å². The molecular formula is C18H21N5O5. The van der Waals surface area contributed by atoms with Gasteiger partial charge in [-0.15, -0.1) is 0 Å². The van der Waals surface area contributed by atoms with E-state index < -0.39 is 31.1 Å². The highest BCUT2D eigenvalue weighted by Gasteiger charge is 2.44. The van der Waals surface area contributed by atoms with Crippen LogP contribution in [0.5, 0.6) is 5.75 Å². The van der Waals surface area contributed by atoms with Gasteiger partial charge in [0.2, 0.25) is 0 Å². The molecule has 1 saturated heterocycles. The topological polar surface area (TPSA) is 146 Å². The molecule has 10 heteroatoms. The molecule has 28 heavy (non-hydrogen) atoms. The fourth-order valence-electron chi connectivity index (χ4n) is 3.31. The van der Waals surface area contributed by atoms with Gasteiger partial charge in [-0.05, 0) is 24.6 Å². The number of imidazole rings is 1. The fraction of sp³-hybridized carbons (Fsp3) is 0.389. The summed E-state index contributed by atoms with van der Waals surface area (Å²) in [5, 5.41) is 42.2. The lowest BCUT2D eigenvalue weighted by atomic mass is 10.1. The van der Waals surface area contributed by atoms with Gasteiger partial charge in [0.15, 0.2) is 23.2 Å². The van der Waals surface area contributed by atoms with E-state index in [1.807, 2.05) is 19.1 Å². The highest BCUT2D eigenvalue weighted by molar-refractivity contribution is 5.82. The molecule has 3 heterocycles. The number of ether oxygens (including phenoxy) is 1. The van der Waals surface area contributed by atoms with Crippen molar-refractivity contribution in [1.29, 1.82) is 0 Å². The van der Waals surface area contributed by atoms with E-state index in [9.17, 15) is 20.4 Å². The van der Waals surface area contributed by atoms with Crippen LogP contribution in [0.1, 0.15) is 24.8 Å². The van der Waals surface area contributed by atoms with E-state index in [0.29, 0.717) is 17.0 Å². The Morgan fingerprint density at radius 3 is 2.57 bits per heavy atom. The summed E-state index contributed by atoms with van der Waals surface area (Å²) >= 11 is 0. The zero-order valence-electron chi connectivity index (χ0n) is 15.0. The monoisotopic (exact) mass is 387 g/mol. The molecule has 0 radical (unpaired) electrons. The molecule has 1 aliphatic heterocycles. The lowest BCUT2D eigenvalue weighted by Crippen LogP contribution is -2.33. The SMILES string of the molecule is CC(Nc1ncnc2c1ncn2[C@@H]1O[C@H](CO)C(O)[C@@H]1O)c1ccc(O)cc1. The maximum atomic E-state index is 10.3. The van der Waals surface area contributed by atoms with Gasteiger partial charge < -0.3 is 30.5 Å². The average Bonchev–Trinajstić information content (AvgIpc) is 3.24. The molecule has 148 valence electrons. The molecule has 3 aromatic rings. The molecule has 2 aromatic heterocycles. The van der Waals surface area contributed by atoms with Gasteiger partial charge in [-0.3, -0.25) is 4.57 Å². The quantitative estimate of drug-likeness (QED) is 0.417. The van der Waals surface area contributed by atoms with Crippen molar-refractivity contribution in [3.63, 3.8) is 0 Å². The van der Waals surface area contributed by atoms with E-state index in [-0.39, 0.29) is 11.8 Å². The summed E-state index contributed by atoms with van der Waals surface area (Å²) < 4.78 is 7.07. The number of phenolic OH excluding ortho intramolecular Hbond substituents is 1. The van der Waals surface area contributed by atoms with E-state index in [4.69, 9.17) is 4.74 Å². The van der Waals surface area contributed by atoms with Crippen molar-refractivity contribution < 1.29 is 25.2 Å². The van der Waals surface area contributed by atoms with Gasteiger partial charge in [-0.1, -0.05) is 12.1 Å². The standard InChI is InChI=1S/C18H21N5O5/c1-9(10-2-4-11(25)5-3-10)22-16-13-17(20-7-19-16)23(8-21-13)18-15(27)14(26)12(6-24)28-18/h2-5,7-9,12,14-15,18,24-27H,6H2,1H3,(H,19,20,22)/t9?,12-,14?,15+,18-/m1/s1. The van der Waals surface area contributed by atoms with Crippen LogP contribution in [0, 0.1) is 0 Å². The number of aliphatic hydroxyl groups is 3. The van der Waals surface area contributed by atoms with Gasteiger partial charge in [0, 0.05) is 0 Å². The summed E-state index contributed by atoms with van der Waals surface area (Å²) in [7, 11) is 0. The summed E-state index contributed by atoms with van der Waals surface area (Å²) in [5.41, 5.74) is 1.85. The summed E-state index contributed by atoms with van der Waals surface area (Å²) in [4.78, 5) is 12.8. The first-order chi connectivity index (χ1) is 13.5. The van der Waals surface area contributed by atoms with Gasteiger partial charge in [0.1, 0.15) is 30.4 Å². The van der Waals surface area contributed by atoms with E-state index in [1.54, 1.807) is 12.1 Å². The number of nitrogens with one attached hydrogen (secondary N) is 1. The summed E-state index contributed by atoms with van der Waals surface area (Å²) in [5.74, 6) is 0.689. The van der Waals surface area contributed by atoms with Gasteiger partial charge in [0.25, 0.3) is 0 Å². The van der Waals surface area contributed by atoms with Gasteiger partial charge in [-0.2, -0.15) is 0 Å². The predicted molar refractivity (Wildman–Crippen MR) is 98.5 cm³/mol. The number of fused-ring (bicyclic) bond motifs is 1. The number of anilines is 1.